The number of ether oxygens (including phenoxy) is 1. The van der Waals surface area contributed by atoms with Crippen molar-refractivity contribution < 1.29 is 13.2 Å². The van der Waals surface area contributed by atoms with Gasteiger partial charge in [0.15, 0.2) is 0 Å². The van der Waals surface area contributed by atoms with Crippen LogP contribution in [0.15, 0.2) is 18.2 Å². The van der Waals surface area contributed by atoms with Crippen LogP contribution < -0.4 is 10.5 Å². The summed E-state index contributed by atoms with van der Waals surface area (Å²) < 4.78 is 27.2. The number of rotatable bonds is 6. The van der Waals surface area contributed by atoms with E-state index in [2.05, 4.69) is 0 Å². The third kappa shape index (κ3) is 4.93. The van der Waals surface area contributed by atoms with Gasteiger partial charge in [0.1, 0.15) is 21.4 Å². The number of halogens is 1. The van der Waals surface area contributed by atoms with Crippen molar-refractivity contribution in [3.05, 3.63) is 28.8 Å². The maximum Gasteiger partial charge on any atom is 0.147 e. The molecule has 0 aliphatic heterocycles. The third-order valence-corrected chi connectivity index (χ3v) is 3.50. The maximum atomic E-state index is 10.9. The minimum absolute atomic E-state index is 0.0895. The molecule has 0 aliphatic carbocycles. The van der Waals surface area contributed by atoms with E-state index >= 15 is 0 Å². The van der Waals surface area contributed by atoms with Gasteiger partial charge in [0.2, 0.25) is 0 Å². The van der Waals surface area contributed by atoms with Crippen molar-refractivity contribution in [2.24, 2.45) is 5.73 Å². The summed E-state index contributed by atoms with van der Waals surface area (Å²) in [7, 11) is -2.96. The van der Waals surface area contributed by atoms with E-state index in [1.165, 1.54) is 6.26 Å². The molecular weight excluding hydrogens is 276 g/mol. The first-order valence-corrected chi connectivity index (χ1v) is 7.68. The van der Waals surface area contributed by atoms with E-state index in [0.717, 1.165) is 0 Å². The van der Waals surface area contributed by atoms with Gasteiger partial charge in [-0.15, -0.1) is 0 Å². The van der Waals surface area contributed by atoms with Crippen LogP contribution >= 0.6 is 11.6 Å². The minimum atomic E-state index is -2.96. The van der Waals surface area contributed by atoms with E-state index in [-0.39, 0.29) is 11.6 Å². The zero-order chi connectivity index (χ0) is 13.8. The van der Waals surface area contributed by atoms with Gasteiger partial charge in [-0.25, -0.2) is 8.42 Å². The van der Waals surface area contributed by atoms with E-state index in [0.29, 0.717) is 29.4 Å². The average molecular weight is 291 g/mol. The van der Waals surface area contributed by atoms with Gasteiger partial charge in [-0.3, -0.25) is 5.41 Å². The molecule has 0 saturated carbocycles. The molecular formula is C11H15ClN2O3S. The molecule has 5 nitrogen and oxygen atoms in total. The van der Waals surface area contributed by atoms with E-state index in [1.54, 1.807) is 18.2 Å². The normalized spacial score (nSPS) is 11.2. The zero-order valence-electron chi connectivity index (χ0n) is 9.94. The van der Waals surface area contributed by atoms with Crippen LogP contribution in [0.2, 0.25) is 5.02 Å². The molecule has 0 atom stereocenters. The fourth-order valence-electron chi connectivity index (χ4n) is 1.32. The van der Waals surface area contributed by atoms with Gasteiger partial charge in [-0.2, -0.15) is 0 Å². The highest BCUT2D eigenvalue weighted by atomic mass is 35.5. The number of nitrogens with two attached hydrogens (primary N) is 1. The Balaban J connectivity index is 2.54. The predicted octanol–water partition coefficient (Wildman–Crippen LogP) is 1.44. The number of amidine groups is 1. The highest BCUT2D eigenvalue weighted by Gasteiger charge is 2.06. The summed E-state index contributed by atoms with van der Waals surface area (Å²) in [5, 5.41) is 7.61. The first-order valence-electron chi connectivity index (χ1n) is 5.24. The Morgan fingerprint density at radius 1 is 1.50 bits per heavy atom. The van der Waals surface area contributed by atoms with Crippen LogP contribution in [0.3, 0.4) is 0 Å². The van der Waals surface area contributed by atoms with E-state index < -0.39 is 9.84 Å². The van der Waals surface area contributed by atoms with Crippen molar-refractivity contribution in [3.63, 3.8) is 0 Å². The highest BCUT2D eigenvalue weighted by Crippen LogP contribution is 2.22. The van der Waals surface area contributed by atoms with Crippen molar-refractivity contribution in [1.82, 2.24) is 0 Å². The van der Waals surface area contributed by atoms with Crippen LogP contribution in [0.25, 0.3) is 0 Å². The third-order valence-electron chi connectivity index (χ3n) is 2.16. The molecule has 3 N–H and O–H groups in total. The number of nitrogen functional groups attached to an aromatic ring is 1. The summed E-state index contributed by atoms with van der Waals surface area (Å²) >= 11 is 5.91. The predicted molar refractivity (Wildman–Crippen MR) is 72.3 cm³/mol. The lowest BCUT2D eigenvalue weighted by Gasteiger charge is -2.08. The Kier molecular flexibility index (Phi) is 4.98. The fraction of sp³-hybridized carbons (Fsp3) is 0.364. The second kappa shape index (κ2) is 6.06. The zero-order valence-corrected chi connectivity index (χ0v) is 11.5. The topological polar surface area (TPSA) is 93.2 Å². The van der Waals surface area contributed by atoms with Crippen LogP contribution in [0.4, 0.5) is 0 Å². The minimum Gasteiger partial charge on any atom is -0.494 e. The van der Waals surface area contributed by atoms with Gasteiger partial charge in [-0.05, 0) is 24.6 Å². The molecule has 0 amide bonds. The first-order chi connectivity index (χ1) is 8.29. The quantitative estimate of drug-likeness (QED) is 0.471. The van der Waals surface area contributed by atoms with Crippen molar-refractivity contribution in [1.29, 1.82) is 5.41 Å². The van der Waals surface area contributed by atoms with E-state index in [4.69, 9.17) is 27.5 Å². The molecule has 0 radical (unpaired) electrons. The van der Waals surface area contributed by atoms with Crippen LogP contribution in [0.5, 0.6) is 5.75 Å². The Morgan fingerprint density at radius 3 is 2.67 bits per heavy atom. The smallest absolute Gasteiger partial charge is 0.147 e. The summed E-state index contributed by atoms with van der Waals surface area (Å²) in [6.07, 6.45) is 1.61. The number of benzene rings is 1. The molecule has 0 unspecified atom stereocenters. The van der Waals surface area contributed by atoms with Gasteiger partial charge in [0.05, 0.1) is 17.4 Å². The standard InChI is InChI=1S/C11H15ClN2O3S/c1-18(15,16)6-2-5-17-8-3-4-9(11(13)14)10(12)7-8/h3-4,7H,2,5-6H2,1H3,(H3,13,14). The monoisotopic (exact) mass is 290 g/mol. The van der Waals surface area contributed by atoms with Gasteiger partial charge >= 0.3 is 0 Å². The van der Waals surface area contributed by atoms with Crippen LogP contribution in [-0.2, 0) is 9.84 Å². The summed E-state index contributed by atoms with van der Waals surface area (Å²) in [4.78, 5) is 0. The van der Waals surface area contributed by atoms with Crippen LogP contribution in [-0.4, -0.2) is 32.9 Å². The second-order valence-corrected chi connectivity index (χ2v) is 6.55. The molecule has 0 spiro atoms. The number of sulfone groups is 1. The molecule has 1 aromatic rings. The highest BCUT2D eigenvalue weighted by molar-refractivity contribution is 7.90. The van der Waals surface area contributed by atoms with Crippen LogP contribution in [0, 0.1) is 5.41 Å². The molecule has 18 heavy (non-hydrogen) atoms. The summed E-state index contributed by atoms with van der Waals surface area (Å²) in [6.45, 7) is 0.294. The Labute approximate surface area is 111 Å². The SMILES string of the molecule is CS(=O)(=O)CCCOc1ccc(C(=N)N)c(Cl)c1. The van der Waals surface area contributed by atoms with Crippen molar-refractivity contribution in [2.45, 2.75) is 6.42 Å². The molecule has 0 saturated heterocycles. The van der Waals surface area contributed by atoms with E-state index in [9.17, 15) is 8.42 Å². The molecule has 0 bridgehead atoms. The maximum absolute atomic E-state index is 10.9. The number of nitrogens with one attached hydrogen (secondary N) is 1. The van der Waals surface area contributed by atoms with E-state index in [1.807, 2.05) is 0 Å². The number of hydrogen-bond donors (Lipinski definition) is 2. The van der Waals surface area contributed by atoms with Crippen LogP contribution in [0.1, 0.15) is 12.0 Å². The molecule has 100 valence electrons. The lowest BCUT2D eigenvalue weighted by Crippen LogP contribution is -2.12. The molecule has 0 heterocycles. The van der Waals surface area contributed by atoms with Gasteiger partial charge in [0.25, 0.3) is 0 Å². The van der Waals surface area contributed by atoms with Crippen molar-refractivity contribution in [3.8, 4) is 5.75 Å². The summed E-state index contributed by atoms with van der Waals surface area (Å²) in [5.74, 6) is 0.508. The molecule has 0 fully saturated rings. The van der Waals surface area contributed by atoms with Gasteiger partial charge in [-0.1, -0.05) is 11.6 Å². The molecule has 7 heteroatoms. The summed E-state index contributed by atoms with van der Waals surface area (Å²) in [5.41, 5.74) is 5.77. The average Bonchev–Trinajstić information content (AvgIpc) is 2.22. The second-order valence-electron chi connectivity index (χ2n) is 3.89. The molecule has 0 aliphatic rings. The molecule has 0 aromatic heterocycles. The Hall–Kier alpha value is -1.27. The summed E-state index contributed by atoms with van der Waals surface area (Å²) in [6, 6.07) is 4.79. The Morgan fingerprint density at radius 2 is 2.17 bits per heavy atom. The van der Waals surface area contributed by atoms with Gasteiger partial charge in [0, 0.05) is 11.8 Å². The largest absolute Gasteiger partial charge is 0.494 e. The van der Waals surface area contributed by atoms with Crippen molar-refractivity contribution in [2.75, 3.05) is 18.6 Å². The number of hydrogen-bond acceptors (Lipinski definition) is 4. The molecule has 1 aromatic carbocycles. The fourth-order valence-corrected chi connectivity index (χ4v) is 2.23. The van der Waals surface area contributed by atoms with Crippen molar-refractivity contribution >= 4 is 27.3 Å². The molecule has 1 rings (SSSR count). The first kappa shape index (κ1) is 14.8. The lowest BCUT2D eigenvalue weighted by molar-refractivity contribution is 0.318. The lowest BCUT2D eigenvalue weighted by atomic mass is 10.2. The Bertz CT molecular complexity index is 543. The van der Waals surface area contributed by atoms with Gasteiger partial charge < -0.3 is 10.5 Å².